The first-order valence-corrected chi connectivity index (χ1v) is 14.7. The minimum absolute atomic E-state index is 0.0579. The molecule has 5 heteroatoms. The van der Waals surface area contributed by atoms with Crippen LogP contribution in [0.1, 0.15) is 116 Å². The zero-order valence-electron chi connectivity index (χ0n) is 21.1. The van der Waals surface area contributed by atoms with Crippen molar-refractivity contribution in [3.8, 4) is 0 Å². The van der Waals surface area contributed by atoms with Crippen LogP contribution in [0.5, 0.6) is 0 Å². The van der Waals surface area contributed by atoms with Crippen molar-refractivity contribution in [3.05, 3.63) is 0 Å². The van der Waals surface area contributed by atoms with Gasteiger partial charge in [-0.25, -0.2) is 0 Å². The highest BCUT2D eigenvalue weighted by atomic mass is 16.5. The van der Waals surface area contributed by atoms with Crippen molar-refractivity contribution < 1.29 is 14.6 Å². The molecule has 5 aliphatic heterocycles. The third-order valence-corrected chi connectivity index (χ3v) is 9.50. The van der Waals surface area contributed by atoms with Crippen molar-refractivity contribution in [2.75, 3.05) is 26.2 Å². The van der Waals surface area contributed by atoms with Crippen molar-refractivity contribution in [2.45, 2.75) is 146 Å². The molecule has 4 bridgehead atoms. The molecule has 5 saturated heterocycles. The predicted octanol–water partition coefficient (Wildman–Crippen LogP) is 5.45. The fraction of sp³-hybridized carbons (Fsp3) is 1.00. The highest BCUT2D eigenvalue weighted by Gasteiger charge is 2.46. The maximum atomic E-state index is 11.6. The topological polar surface area (TPSA) is 45.2 Å². The quantitative estimate of drug-likeness (QED) is 0.519. The van der Waals surface area contributed by atoms with Gasteiger partial charge in [0.2, 0.25) is 0 Å². The van der Waals surface area contributed by atoms with E-state index >= 15 is 0 Å². The molecule has 5 fully saturated rings. The smallest absolute Gasteiger partial charge is 0.140 e. The van der Waals surface area contributed by atoms with Gasteiger partial charge in [-0.2, -0.15) is 0 Å². The summed E-state index contributed by atoms with van der Waals surface area (Å²) in [4.78, 5) is 5.10. The Bertz CT molecular complexity index is 604. The summed E-state index contributed by atoms with van der Waals surface area (Å²) in [7, 11) is 0. The molecule has 5 nitrogen and oxygen atoms in total. The van der Waals surface area contributed by atoms with E-state index in [0.29, 0.717) is 18.4 Å². The maximum absolute atomic E-state index is 11.6. The summed E-state index contributed by atoms with van der Waals surface area (Å²) in [6.45, 7) is 4.70. The van der Waals surface area contributed by atoms with Gasteiger partial charge in [0.25, 0.3) is 0 Å². The van der Waals surface area contributed by atoms with Gasteiger partial charge in [0.1, 0.15) is 18.1 Å². The number of rotatable bonds is 0. The summed E-state index contributed by atoms with van der Waals surface area (Å²) in [5, 5.41) is 11.6. The van der Waals surface area contributed by atoms with Crippen molar-refractivity contribution in [1.82, 2.24) is 9.80 Å². The summed E-state index contributed by atoms with van der Waals surface area (Å²) >= 11 is 0. The maximum Gasteiger partial charge on any atom is 0.140 e. The molecule has 5 rings (SSSR count). The van der Waals surface area contributed by atoms with Crippen molar-refractivity contribution in [2.24, 2.45) is 5.92 Å². The van der Waals surface area contributed by atoms with Gasteiger partial charge in [0, 0.05) is 26.2 Å². The molecule has 0 spiro atoms. The molecule has 0 aromatic heterocycles. The Morgan fingerprint density at radius 3 is 1.97 bits per heavy atom. The molecule has 6 atom stereocenters. The number of hydrogen-bond donors (Lipinski definition) is 1. The van der Waals surface area contributed by atoms with Gasteiger partial charge < -0.3 is 14.6 Å². The number of fused-ring (bicyclic) bond motifs is 2. The number of nitrogens with zero attached hydrogens (tertiary/aromatic N) is 2. The molecule has 5 heterocycles. The van der Waals surface area contributed by atoms with Crippen molar-refractivity contribution in [3.63, 3.8) is 0 Å². The lowest BCUT2D eigenvalue weighted by atomic mass is 9.84. The van der Waals surface area contributed by atoms with Crippen LogP contribution in [-0.4, -0.2) is 71.4 Å². The average molecular weight is 463 g/mol. The normalized spacial score (nSPS) is 43.0. The zero-order chi connectivity index (χ0) is 22.5. The van der Waals surface area contributed by atoms with Crippen molar-refractivity contribution >= 4 is 0 Å². The summed E-state index contributed by atoms with van der Waals surface area (Å²) in [5.41, 5.74) is -0.635. The third kappa shape index (κ3) is 6.14. The van der Waals surface area contributed by atoms with Crippen LogP contribution < -0.4 is 0 Å². The lowest BCUT2D eigenvalue weighted by Gasteiger charge is -2.51. The fourth-order valence-electron chi connectivity index (χ4n) is 7.56. The Kier molecular flexibility index (Phi) is 8.68. The van der Waals surface area contributed by atoms with Crippen LogP contribution in [-0.2, 0) is 9.47 Å². The van der Waals surface area contributed by atoms with E-state index in [4.69, 9.17) is 9.47 Å². The van der Waals surface area contributed by atoms with Crippen LogP contribution in [0.25, 0.3) is 0 Å². The first-order valence-electron chi connectivity index (χ1n) is 14.7. The van der Waals surface area contributed by atoms with Gasteiger partial charge in [-0.3, -0.25) is 9.80 Å². The Labute approximate surface area is 202 Å². The van der Waals surface area contributed by atoms with Gasteiger partial charge >= 0.3 is 0 Å². The molecule has 5 aliphatic rings. The monoisotopic (exact) mass is 462 g/mol. The van der Waals surface area contributed by atoms with Gasteiger partial charge in [-0.1, -0.05) is 51.4 Å². The number of piperidine rings is 2. The number of aliphatic hydroxyl groups is 1. The molecule has 0 aliphatic carbocycles. The van der Waals surface area contributed by atoms with Crippen LogP contribution in [0.15, 0.2) is 0 Å². The Morgan fingerprint density at radius 2 is 1.15 bits per heavy atom. The van der Waals surface area contributed by atoms with Gasteiger partial charge in [-0.05, 0) is 70.1 Å². The minimum atomic E-state index is -0.635. The summed E-state index contributed by atoms with van der Waals surface area (Å²) in [6.07, 6.45) is 23.1. The SMILES string of the molecule is O[C@@]12CCCCCC[C@H]3CCN4CCC[C@H](CCCCCC[C@H]5CCN(CCC1)[C@@H]2O5)[C@H]4O3. The van der Waals surface area contributed by atoms with Crippen molar-refractivity contribution in [1.29, 1.82) is 0 Å². The molecule has 1 N–H and O–H groups in total. The number of ether oxygens (including phenoxy) is 2. The largest absolute Gasteiger partial charge is 0.386 e. The molecular formula is C28H50N2O3. The van der Waals surface area contributed by atoms with E-state index in [1.54, 1.807) is 0 Å². The van der Waals surface area contributed by atoms with E-state index in [1.807, 2.05) is 0 Å². The minimum Gasteiger partial charge on any atom is -0.386 e. The third-order valence-electron chi connectivity index (χ3n) is 9.50. The first kappa shape index (κ1) is 24.5. The molecule has 33 heavy (non-hydrogen) atoms. The molecular weight excluding hydrogens is 412 g/mol. The second-order valence-electron chi connectivity index (χ2n) is 12.0. The lowest BCUT2D eigenvalue weighted by molar-refractivity contribution is -0.245. The zero-order valence-corrected chi connectivity index (χ0v) is 21.1. The molecule has 0 aromatic rings. The van der Waals surface area contributed by atoms with E-state index in [-0.39, 0.29) is 6.23 Å². The summed E-state index contributed by atoms with van der Waals surface area (Å²) < 4.78 is 13.3. The summed E-state index contributed by atoms with van der Waals surface area (Å²) in [6, 6.07) is 0. The second kappa shape index (κ2) is 11.7. The highest BCUT2D eigenvalue weighted by Crippen LogP contribution is 2.38. The van der Waals surface area contributed by atoms with Crippen LogP contribution in [0.3, 0.4) is 0 Å². The molecule has 0 radical (unpaired) electrons. The highest BCUT2D eigenvalue weighted by molar-refractivity contribution is 4.95. The van der Waals surface area contributed by atoms with E-state index in [9.17, 15) is 5.11 Å². The molecule has 190 valence electrons. The van der Waals surface area contributed by atoms with Crippen LogP contribution in [0.2, 0.25) is 0 Å². The van der Waals surface area contributed by atoms with Gasteiger partial charge in [-0.15, -0.1) is 0 Å². The Morgan fingerprint density at radius 1 is 0.545 bits per heavy atom. The number of hydrogen-bond acceptors (Lipinski definition) is 5. The van der Waals surface area contributed by atoms with E-state index in [1.165, 1.54) is 96.6 Å². The van der Waals surface area contributed by atoms with Crippen LogP contribution in [0, 0.1) is 5.92 Å². The van der Waals surface area contributed by atoms with E-state index < -0.39 is 5.60 Å². The van der Waals surface area contributed by atoms with Crippen LogP contribution >= 0.6 is 0 Å². The fourth-order valence-corrected chi connectivity index (χ4v) is 7.56. The molecule has 0 amide bonds. The predicted molar refractivity (Wildman–Crippen MR) is 132 cm³/mol. The van der Waals surface area contributed by atoms with Gasteiger partial charge in [0.15, 0.2) is 0 Å². The lowest BCUT2D eigenvalue weighted by Crippen LogP contribution is -2.61. The average Bonchev–Trinajstić information content (AvgIpc) is 2.83. The Balaban J connectivity index is 1.19. The molecule has 0 saturated carbocycles. The molecule has 0 aromatic carbocycles. The molecule has 0 unspecified atom stereocenters. The first-order chi connectivity index (χ1) is 16.2. The van der Waals surface area contributed by atoms with E-state index in [0.717, 1.165) is 51.1 Å². The van der Waals surface area contributed by atoms with Crippen LogP contribution in [0.4, 0.5) is 0 Å². The summed E-state index contributed by atoms with van der Waals surface area (Å²) in [5.74, 6) is 0.754. The Hall–Kier alpha value is -0.200. The van der Waals surface area contributed by atoms with E-state index in [2.05, 4.69) is 9.80 Å². The standard InChI is InChI=1S/C28H50N2O3/c31-28-17-8-4-3-7-13-24-15-21-29-19-9-12-23(26(29)32-24)11-5-1-2-6-14-25-16-22-30(20-10-18-28)27(28)33-25/h23-27,31H,1-22H2/t23-,24-,25-,26+,27+,28-/m0/s1. The second-order valence-corrected chi connectivity index (χ2v) is 12.0. The van der Waals surface area contributed by atoms with Gasteiger partial charge in [0.05, 0.1) is 12.2 Å².